The summed E-state index contributed by atoms with van der Waals surface area (Å²) in [7, 11) is 0. The fourth-order valence-electron chi connectivity index (χ4n) is 10.6. The number of amides is 18. The fraction of sp³-hybridized carbons (Fsp3) is 0.644. The van der Waals surface area contributed by atoms with Crippen LogP contribution in [-0.2, 0) is 109 Å². The summed E-state index contributed by atoms with van der Waals surface area (Å²) in [6.07, 6.45) is -0.865. The van der Waals surface area contributed by atoms with Gasteiger partial charge in [0.1, 0.15) is 107 Å². The van der Waals surface area contributed by atoms with Crippen molar-refractivity contribution in [3.05, 3.63) is 71.8 Å². The van der Waals surface area contributed by atoms with Gasteiger partial charge in [0.15, 0.2) is 0 Å². The lowest BCUT2D eigenvalue weighted by molar-refractivity contribution is -0.163. The average molecular weight is 1770 g/mol. The SMILES string of the molecule is CC(C)(C)OC(=O)C(C)(C)NC(=O)C(C)(C)NC(=O)C(C)(C)NC(=O)C(C)(C)NC(=O)C(C)(C)NC(=O)C(C)(C)NC(=O)C(C)(C)NC(=O)C(C)(C)NC(=O)CNC(=O)C(C)(C)NC(=O)C(C)(C)NC(=O)C(C)(C)NC(=O)C(C)(C)NC(=O)C(C)(C)NC(=O)C(C)(C)NC(=O)C(C)(C)NC(=O)C(C)(C)NC(=O)[C@H](Cc1ccccc1)NC(=O)OCc1ccccc1. The van der Waals surface area contributed by atoms with Gasteiger partial charge in [-0.05, 0) is 253 Å². The Bertz CT molecular complexity index is 4490. The smallest absolute Gasteiger partial charge is 0.408 e. The lowest BCUT2D eigenvalue weighted by Gasteiger charge is -2.38. The number of esters is 1. The Kier molecular flexibility index (Phi) is 34.8. The van der Waals surface area contributed by atoms with Gasteiger partial charge in [0.25, 0.3) is 0 Å². The zero-order chi connectivity index (χ0) is 98.5. The third-order valence-corrected chi connectivity index (χ3v) is 19.8. The highest BCUT2D eigenvalue weighted by Gasteiger charge is 2.50. The minimum Gasteiger partial charge on any atom is -0.458 e. The maximum atomic E-state index is 14.0. The lowest BCUT2D eigenvalue weighted by Crippen LogP contribution is -2.70. The molecule has 126 heavy (non-hydrogen) atoms. The summed E-state index contributed by atoms with van der Waals surface area (Å²) < 4.78 is 10.8. The van der Waals surface area contributed by atoms with Gasteiger partial charge in [-0.2, -0.15) is 0 Å². The van der Waals surface area contributed by atoms with E-state index in [1.54, 1.807) is 81.4 Å². The van der Waals surface area contributed by atoms with Crippen LogP contribution in [0.4, 0.5) is 4.79 Å². The average Bonchev–Trinajstić information content (AvgIpc) is 0.792. The zero-order valence-corrected chi connectivity index (χ0v) is 80.0. The number of hydrogen-bond donors (Lipinski definition) is 18. The van der Waals surface area contributed by atoms with Crippen molar-refractivity contribution in [3.8, 4) is 0 Å². The van der Waals surface area contributed by atoms with Crippen molar-refractivity contribution < 1.29 is 101 Å². The molecule has 0 fully saturated rings. The molecule has 18 amide bonds. The quantitative estimate of drug-likeness (QED) is 0.0418. The second-order valence-corrected chi connectivity index (χ2v) is 41.0. The molecule has 39 nitrogen and oxygen atoms in total. The molecule has 39 heteroatoms. The molecule has 0 aliphatic rings. The molecule has 0 aliphatic heterocycles. The Morgan fingerprint density at radius 1 is 0.246 bits per heavy atom. The molecule has 0 saturated carbocycles. The summed E-state index contributed by atoms with van der Waals surface area (Å²) in [5, 5.41) is 46.0. The van der Waals surface area contributed by atoms with Crippen LogP contribution in [0.3, 0.4) is 0 Å². The Morgan fingerprint density at radius 3 is 0.675 bits per heavy atom. The van der Waals surface area contributed by atoms with Crippen molar-refractivity contribution in [1.82, 2.24) is 95.7 Å². The molecule has 704 valence electrons. The molecule has 0 aromatic heterocycles. The van der Waals surface area contributed by atoms with Gasteiger partial charge in [0.05, 0.1) is 6.54 Å². The summed E-state index contributed by atoms with van der Waals surface area (Å²) in [5.74, 6) is -15.4. The lowest BCUT2D eigenvalue weighted by atomic mass is 9.93. The van der Waals surface area contributed by atoms with E-state index in [0.29, 0.717) is 11.1 Å². The van der Waals surface area contributed by atoms with Crippen LogP contribution in [0, 0.1) is 0 Å². The molecule has 0 unspecified atom stereocenters. The summed E-state index contributed by atoms with van der Waals surface area (Å²) in [6.45, 7) is 46.9. The van der Waals surface area contributed by atoms with Gasteiger partial charge < -0.3 is 105 Å². The van der Waals surface area contributed by atoms with Crippen LogP contribution in [0.1, 0.15) is 253 Å². The Hall–Kier alpha value is -11.8. The van der Waals surface area contributed by atoms with Crippen molar-refractivity contribution in [2.75, 3.05) is 6.54 Å². The van der Waals surface area contributed by atoms with E-state index >= 15 is 0 Å². The van der Waals surface area contributed by atoms with Gasteiger partial charge in [-0.1, -0.05) is 60.7 Å². The van der Waals surface area contributed by atoms with Crippen molar-refractivity contribution in [3.63, 3.8) is 0 Å². The van der Waals surface area contributed by atoms with Crippen molar-refractivity contribution in [1.29, 1.82) is 0 Å². The summed E-state index contributed by atoms with van der Waals surface area (Å²) in [4.78, 5) is 261. The van der Waals surface area contributed by atoms with Crippen LogP contribution >= 0.6 is 0 Å². The van der Waals surface area contributed by atoms with Crippen LogP contribution in [-0.4, -0.2) is 219 Å². The predicted octanol–water partition coefficient (Wildman–Crippen LogP) is 1.30. The zero-order valence-electron chi connectivity index (χ0n) is 80.0. The normalized spacial score (nSPS) is 13.2. The third-order valence-electron chi connectivity index (χ3n) is 19.8. The van der Waals surface area contributed by atoms with Crippen LogP contribution < -0.4 is 95.7 Å². The van der Waals surface area contributed by atoms with E-state index in [1.165, 1.54) is 222 Å². The van der Waals surface area contributed by atoms with Gasteiger partial charge in [-0.15, -0.1) is 0 Å². The van der Waals surface area contributed by atoms with Crippen LogP contribution in [0.2, 0.25) is 0 Å². The number of carbonyl (C=O) groups is 19. The molecule has 0 spiro atoms. The first kappa shape index (κ1) is 110. The van der Waals surface area contributed by atoms with Crippen molar-refractivity contribution in [2.45, 2.75) is 356 Å². The van der Waals surface area contributed by atoms with Crippen molar-refractivity contribution in [2.24, 2.45) is 0 Å². The van der Waals surface area contributed by atoms with Crippen LogP contribution in [0.5, 0.6) is 0 Å². The van der Waals surface area contributed by atoms with Gasteiger partial charge in [-0.3, -0.25) is 81.5 Å². The topological polar surface area (TPSA) is 559 Å². The van der Waals surface area contributed by atoms with E-state index < -0.39 is 219 Å². The number of hydrogen-bond acceptors (Lipinski definition) is 21. The molecule has 0 radical (unpaired) electrons. The number of benzene rings is 2. The van der Waals surface area contributed by atoms with Gasteiger partial charge in [0.2, 0.25) is 100 Å². The highest BCUT2D eigenvalue weighted by atomic mass is 16.6. The molecule has 0 bridgehead atoms. The molecule has 0 saturated heterocycles. The maximum Gasteiger partial charge on any atom is 0.408 e. The second-order valence-electron chi connectivity index (χ2n) is 41.0. The summed E-state index contributed by atoms with van der Waals surface area (Å²) in [6, 6.07) is 16.5. The van der Waals surface area contributed by atoms with E-state index in [1.807, 2.05) is 0 Å². The number of rotatable bonds is 40. The Morgan fingerprint density at radius 2 is 0.444 bits per heavy atom. The predicted molar refractivity (Wildman–Crippen MR) is 468 cm³/mol. The highest BCUT2D eigenvalue weighted by molar-refractivity contribution is 6.06. The van der Waals surface area contributed by atoms with Crippen molar-refractivity contribution >= 4 is 112 Å². The van der Waals surface area contributed by atoms with E-state index in [0.717, 1.165) is 0 Å². The number of nitrogens with one attached hydrogen (secondary N) is 18. The van der Waals surface area contributed by atoms with Gasteiger partial charge in [-0.25, -0.2) is 9.59 Å². The standard InChI is InChI=1S/C87H140N18O21/c1-71(2,3)126-69(123)87(34,35)105-68(122)86(32,33)104-67(121)85(30,31)103-66(120)84(28,29)102-64(118)82(24,25)99-61(115)79(18,19)96-58(112)76(12,13)93-55(109)73(6,7)90-52(106)47-88-54(108)72(4,5)92-57(111)75(10,11)95-60(114)78(16,17)98-63(117)81(22,23)101-65(119)83(26,27)100-62(116)80(20,21)97-59(113)77(14,15)94-56(110)74(8,9)91-53(107)51(46-49-42-38-36-39-43-49)89-70(124)125-48-50-44-40-37-41-45-50/h36-45,51H,46-48H2,1-35H3,(H,88,108)(H,89,124)(H,90,106)(H,91,107)(H,92,111)(H,93,109)(H,94,110)(H,95,114)(H,96,112)(H,97,113)(H,98,117)(H,99,115)(H,100,116)(H,101,119)(H,102,118)(H,103,120)(H,104,121)(H,105,122)/t51-/m0/s1. The molecule has 2 aromatic carbocycles. The first-order valence-corrected chi connectivity index (χ1v) is 41.0. The minimum absolute atomic E-state index is 0.0216. The molecular weight excluding hydrogens is 1630 g/mol. The molecule has 18 N–H and O–H groups in total. The molecule has 0 aliphatic carbocycles. The van der Waals surface area contributed by atoms with E-state index in [4.69, 9.17) is 9.47 Å². The molecule has 0 heterocycles. The third kappa shape index (κ3) is 32.3. The number of ether oxygens (including phenoxy) is 2. The number of carbonyl (C=O) groups excluding carboxylic acids is 19. The van der Waals surface area contributed by atoms with Crippen LogP contribution in [0.25, 0.3) is 0 Å². The summed E-state index contributed by atoms with van der Waals surface area (Å²) >= 11 is 0. The summed E-state index contributed by atoms with van der Waals surface area (Å²) in [5.41, 5.74) is -27.5. The Labute approximate surface area is 739 Å². The largest absolute Gasteiger partial charge is 0.458 e. The monoisotopic (exact) mass is 1770 g/mol. The Balaban J connectivity index is 2.03. The molecule has 2 rings (SSSR count). The minimum atomic E-state index is -1.82. The first-order chi connectivity index (χ1) is 56.3. The second kappa shape index (κ2) is 39.8. The van der Waals surface area contributed by atoms with Gasteiger partial charge >= 0.3 is 12.1 Å². The van der Waals surface area contributed by atoms with E-state index in [-0.39, 0.29) is 13.0 Å². The molecule has 1 atom stereocenters. The van der Waals surface area contributed by atoms with Gasteiger partial charge in [0, 0.05) is 6.42 Å². The van der Waals surface area contributed by atoms with E-state index in [2.05, 4.69) is 95.7 Å². The number of alkyl carbamates (subject to hydrolysis) is 1. The van der Waals surface area contributed by atoms with Crippen LogP contribution in [0.15, 0.2) is 60.7 Å². The highest BCUT2D eigenvalue weighted by Crippen LogP contribution is 2.23. The molecular formula is C87H140N18O21. The fourth-order valence-corrected chi connectivity index (χ4v) is 10.6. The first-order valence-electron chi connectivity index (χ1n) is 41.0. The maximum absolute atomic E-state index is 14.0. The molecule has 2 aromatic rings. The van der Waals surface area contributed by atoms with E-state index in [9.17, 15) is 91.1 Å².